The van der Waals surface area contributed by atoms with Crippen LogP contribution in [0, 0.1) is 5.82 Å². The van der Waals surface area contributed by atoms with E-state index in [-0.39, 0.29) is 5.91 Å². The van der Waals surface area contributed by atoms with E-state index in [1.165, 1.54) is 18.2 Å². The summed E-state index contributed by atoms with van der Waals surface area (Å²) in [6.45, 7) is 2.49. The van der Waals surface area contributed by atoms with Gasteiger partial charge in [-0.3, -0.25) is 9.59 Å². The van der Waals surface area contributed by atoms with Gasteiger partial charge in [-0.1, -0.05) is 12.1 Å². The lowest BCUT2D eigenvalue weighted by Gasteiger charge is -2.29. The maximum atomic E-state index is 13.3. The van der Waals surface area contributed by atoms with Crippen LogP contribution in [-0.2, 0) is 4.74 Å². The number of hydrogen-bond acceptors (Lipinski definition) is 5. The molecule has 158 valence electrons. The summed E-state index contributed by atoms with van der Waals surface area (Å²) in [5.41, 5.74) is 1.60. The highest BCUT2D eigenvalue weighted by Crippen LogP contribution is 2.21. The second-order valence-corrected chi connectivity index (χ2v) is 6.97. The molecular weight excluding hydrogens is 399 g/mol. The van der Waals surface area contributed by atoms with E-state index in [4.69, 9.17) is 4.74 Å². The summed E-state index contributed by atoms with van der Waals surface area (Å²) in [4.78, 5) is 31.8. The Morgan fingerprint density at radius 3 is 2.39 bits per heavy atom. The van der Waals surface area contributed by atoms with Crippen LogP contribution in [0.2, 0.25) is 0 Å². The van der Waals surface area contributed by atoms with Gasteiger partial charge < -0.3 is 20.3 Å². The zero-order chi connectivity index (χ0) is 21.6. The standard InChI is InChI=1S/C23H21FN4O3/c24-17-5-2-7-19(15-17)26-22(29)16-4-1-6-18(14-16)27-23(30)20-8-3-9-25-21(20)28-10-12-31-13-11-28/h1-9,14-15H,10-13H2,(H,26,29)(H,27,30). The molecule has 0 radical (unpaired) electrons. The van der Waals surface area contributed by atoms with Crippen LogP contribution in [0.3, 0.4) is 0 Å². The van der Waals surface area contributed by atoms with Crippen molar-refractivity contribution in [2.24, 2.45) is 0 Å². The summed E-state index contributed by atoms with van der Waals surface area (Å²) < 4.78 is 18.7. The van der Waals surface area contributed by atoms with Crippen LogP contribution in [-0.4, -0.2) is 43.1 Å². The first kappa shape index (κ1) is 20.5. The highest BCUT2D eigenvalue weighted by Gasteiger charge is 2.20. The summed E-state index contributed by atoms with van der Waals surface area (Å²) in [6.07, 6.45) is 1.65. The number of benzene rings is 2. The molecule has 1 aliphatic rings. The Hall–Kier alpha value is -3.78. The number of carbonyl (C=O) groups is 2. The van der Waals surface area contributed by atoms with Gasteiger partial charge in [-0.25, -0.2) is 9.37 Å². The van der Waals surface area contributed by atoms with Crippen molar-refractivity contribution in [2.75, 3.05) is 41.8 Å². The number of pyridine rings is 1. The average Bonchev–Trinajstić information content (AvgIpc) is 2.80. The van der Waals surface area contributed by atoms with Gasteiger partial charge in [0.25, 0.3) is 11.8 Å². The molecule has 31 heavy (non-hydrogen) atoms. The molecule has 1 aliphatic heterocycles. The summed E-state index contributed by atoms with van der Waals surface area (Å²) in [7, 11) is 0. The molecule has 7 nitrogen and oxygen atoms in total. The SMILES string of the molecule is O=C(Nc1cccc(F)c1)c1cccc(NC(=O)c2cccnc2N2CCOCC2)c1. The van der Waals surface area contributed by atoms with E-state index < -0.39 is 11.7 Å². The Morgan fingerprint density at radius 1 is 0.903 bits per heavy atom. The lowest BCUT2D eigenvalue weighted by molar-refractivity contribution is 0.101. The molecule has 1 fully saturated rings. The minimum atomic E-state index is -0.439. The van der Waals surface area contributed by atoms with Crippen LogP contribution in [0.25, 0.3) is 0 Å². The first-order chi connectivity index (χ1) is 15.1. The number of nitrogens with zero attached hydrogens (tertiary/aromatic N) is 2. The Kier molecular flexibility index (Phi) is 6.18. The van der Waals surface area contributed by atoms with Crippen molar-refractivity contribution in [3.8, 4) is 0 Å². The predicted molar refractivity (Wildman–Crippen MR) is 116 cm³/mol. The number of aromatic nitrogens is 1. The quantitative estimate of drug-likeness (QED) is 0.660. The number of amides is 2. The second kappa shape index (κ2) is 9.36. The van der Waals surface area contributed by atoms with Gasteiger partial charge in [0.05, 0.1) is 18.8 Å². The maximum absolute atomic E-state index is 13.3. The molecule has 0 atom stereocenters. The van der Waals surface area contributed by atoms with Crippen molar-refractivity contribution in [1.82, 2.24) is 4.98 Å². The van der Waals surface area contributed by atoms with Crippen molar-refractivity contribution in [1.29, 1.82) is 0 Å². The van der Waals surface area contributed by atoms with E-state index in [1.54, 1.807) is 48.7 Å². The van der Waals surface area contributed by atoms with Gasteiger partial charge in [0.15, 0.2) is 0 Å². The minimum Gasteiger partial charge on any atom is -0.378 e. The molecule has 1 saturated heterocycles. The number of carbonyl (C=O) groups excluding carboxylic acids is 2. The highest BCUT2D eigenvalue weighted by atomic mass is 19.1. The van der Waals surface area contributed by atoms with Gasteiger partial charge in [0, 0.05) is 36.2 Å². The van der Waals surface area contributed by atoms with E-state index >= 15 is 0 Å². The van der Waals surface area contributed by atoms with Crippen LogP contribution in [0.5, 0.6) is 0 Å². The largest absolute Gasteiger partial charge is 0.378 e. The number of hydrogen-bond donors (Lipinski definition) is 2. The molecular formula is C23H21FN4O3. The van der Waals surface area contributed by atoms with Crippen molar-refractivity contribution >= 4 is 29.0 Å². The normalized spacial score (nSPS) is 13.5. The number of ether oxygens (including phenoxy) is 1. The Bertz CT molecular complexity index is 1100. The van der Waals surface area contributed by atoms with E-state index in [9.17, 15) is 14.0 Å². The fourth-order valence-corrected chi connectivity index (χ4v) is 3.31. The summed E-state index contributed by atoms with van der Waals surface area (Å²) in [5, 5.41) is 5.47. The molecule has 8 heteroatoms. The highest BCUT2D eigenvalue weighted by molar-refractivity contribution is 6.09. The number of nitrogens with one attached hydrogen (secondary N) is 2. The van der Waals surface area contributed by atoms with Gasteiger partial charge in [-0.15, -0.1) is 0 Å². The zero-order valence-corrected chi connectivity index (χ0v) is 16.7. The van der Waals surface area contributed by atoms with Crippen LogP contribution < -0.4 is 15.5 Å². The topological polar surface area (TPSA) is 83.6 Å². The van der Waals surface area contributed by atoms with E-state index in [1.807, 2.05) is 4.90 Å². The van der Waals surface area contributed by atoms with E-state index in [0.29, 0.717) is 54.6 Å². The molecule has 2 aromatic carbocycles. The first-order valence-electron chi connectivity index (χ1n) is 9.86. The minimum absolute atomic E-state index is 0.322. The maximum Gasteiger partial charge on any atom is 0.259 e. The predicted octanol–water partition coefficient (Wildman–Crippen LogP) is 3.56. The Labute approximate surface area is 178 Å². The first-order valence-corrected chi connectivity index (χ1v) is 9.86. The summed E-state index contributed by atoms with van der Waals surface area (Å²) in [5.74, 6) is -0.566. The fraction of sp³-hybridized carbons (Fsp3) is 0.174. The lowest BCUT2D eigenvalue weighted by atomic mass is 10.1. The van der Waals surface area contributed by atoms with Gasteiger partial charge in [0.2, 0.25) is 0 Å². The average molecular weight is 420 g/mol. The van der Waals surface area contributed by atoms with E-state index in [2.05, 4.69) is 15.6 Å². The lowest BCUT2D eigenvalue weighted by Crippen LogP contribution is -2.38. The summed E-state index contributed by atoms with van der Waals surface area (Å²) in [6, 6.07) is 15.6. The number of halogens is 1. The van der Waals surface area contributed by atoms with Gasteiger partial charge in [-0.2, -0.15) is 0 Å². The number of anilines is 3. The van der Waals surface area contributed by atoms with Crippen molar-refractivity contribution in [3.63, 3.8) is 0 Å². The fourth-order valence-electron chi connectivity index (χ4n) is 3.31. The van der Waals surface area contributed by atoms with Gasteiger partial charge in [0.1, 0.15) is 11.6 Å². The summed E-state index contributed by atoms with van der Waals surface area (Å²) >= 11 is 0. The molecule has 4 rings (SSSR count). The smallest absolute Gasteiger partial charge is 0.259 e. The molecule has 0 bridgehead atoms. The molecule has 0 saturated carbocycles. The molecule has 2 heterocycles. The van der Waals surface area contributed by atoms with Gasteiger partial charge in [-0.05, 0) is 48.5 Å². The molecule has 3 aromatic rings. The second-order valence-electron chi connectivity index (χ2n) is 6.97. The third-order valence-corrected chi connectivity index (χ3v) is 4.81. The van der Waals surface area contributed by atoms with E-state index in [0.717, 1.165) is 0 Å². The third kappa shape index (κ3) is 5.04. The van der Waals surface area contributed by atoms with Crippen LogP contribution in [0.4, 0.5) is 21.6 Å². The monoisotopic (exact) mass is 420 g/mol. The van der Waals surface area contributed by atoms with Crippen LogP contribution >= 0.6 is 0 Å². The molecule has 2 amide bonds. The Morgan fingerprint density at radius 2 is 1.61 bits per heavy atom. The molecule has 2 N–H and O–H groups in total. The zero-order valence-electron chi connectivity index (χ0n) is 16.7. The molecule has 0 spiro atoms. The molecule has 1 aromatic heterocycles. The number of rotatable bonds is 5. The van der Waals surface area contributed by atoms with Crippen molar-refractivity contribution < 1.29 is 18.7 Å². The van der Waals surface area contributed by atoms with Crippen molar-refractivity contribution in [2.45, 2.75) is 0 Å². The number of morpholine rings is 1. The Balaban J connectivity index is 1.49. The van der Waals surface area contributed by atoms with Crippen molar-refractivity contribution in [3.05, 3.63) is 83.8 Å². The molecule has 0 aliphatic carbocycles. The van der Waals surface area contributed by atoms with Crippen LogP contribution in [0.15, 0.2) is 66.9 Å². The van der Waals surface area contributed by atoms with Gasteiger partial charge >= 0.3 is 0 Å². The molecule has 0 unspecified atom stereocenters. The third-order valence-electron chi connectivity index (χ3n) is 4.81. The van der Waals surface area contributed by atoms with Crippen LogP contribution in [0.1, 0.15) is 20.7 Å².